The first-order chi connectivity index (χ1) is 9.83. The molecule has 0 unspecified atom stereocenters. The van der Waals surface area contributed by atoms with Crippen LogP contribution < -0.4 is 10.5 Å². The summed E-state index contributed by atoms with van der Waals surface area (Å²) in [6.07, 6.45) is 0.628. The molecule has 0 radical (unpaired) electrons. The lowest BCUT2D eigenvalue weighted by Gasteiger charge is -2.14. The topological polar surface area (TPSA) is 72.2 Å². The Hall–Kier alpha value is -2.01. The van der Waals surface area contributed by atoms with Crippen molar-refractivity contribution >= 4 is 21.4 Å². The molecule has 0 fully saturated rings. The molecule has 5 heteroatoms. The predicted molar refractivity (Wildman–Crippen MR) is 87.0 cm³/mol. The Balaban J connectivity index is 2.48. The number of nitrogens with two attached hydrogens (primary N) is 1. The van der Waals surface area contributed by atoms with E-state index in [0.29, 0.717) is 17.8 Å². The van der Waals surface area contributed by atoms with Crippen LogP contribution in [0.1, 0.15) is 23.6 Å². The van der Waals surface area contributed by atoms with Crippen molar-refractivity contribution in [2.75, 3.05) is 10.5 Å². The highest BCUT2D eigenvalue weighted by molar-refractivity contribution is 7.92. The summed E-state index contributed by atoms with van der Waals surface area (Å²) in [4.78, 5) is 0.242. The molecule has 0 aliphatic carbocycles. The molecule has 2 rings (SSSR count). The third kappa shape index (κ3) is 3.36. The van der Waals surface area contributed by atoms with Crippen LogP contribution in [0.4, 0.5) is 11.4 Å². The van der Waals surface area contributed by atoms with Gasteiger partial charge >= 0.3 is 0 Å². The zero-order valence-electron chi connectivity index (χ0n) is 12.5. The molecule has 0 aliphatic heterocycles. The van der Waals surface area contributed by atoms with Gasteiger partial charge in [-0.1, -0.05) is 25.1 Å². The van der Waals surface area contributed by atoms with Crippen molar-refractivity contribution in [3.63, 3.8) is 0 Å². The quantitative estimate of drug-likeness (QED) is 0.852. The van der Waals surface area contributed by atoms with Gasteiger partial charge in [-0.2, -0.15) is 0 Å². The lowest BCUT2D eigenvalue weighted by atomic mass is 10.1. The number of sulfonamides is 1. The van der Waals surface area contributed by atoms with Crippen LogP contribution >= 0.6 is 0 Å². The SMILES string of the molecule is CCc1ccc(N)cc1S(=O)(=O)Nc1cc(C)ccc1C. The smallest absolute Gasteiger partial charge is 0.262 e. The minimum atomic E-state index is -3.65. The number of nitrogens with one attached hydrogen (secondary N) is 1. The summed E-state index contributed by atoms with van der Waals surface area (Å²) in [6.45, 7) is 5.72. The first kappa shape index (κ1) is 15.4. The second-order valence-corrected chi connectivity index (χ2v) is 6.80. The van der Waals surface area contributed by atoms with E-state index in [4.69, 9.17) is 5.73 Å². The highest BCUT2D eigenvalue weighted by Gasteiger charge is 2.19. The average Bonchev–Trinajstić information content (AvgIpc) is 2.42. The minimum absolute atomic E-state index is 0.242. The van der Waals surface area contributed by atoms with E-state index in [1.165, 1.54) is 6.07 Å². The molecule has 0 aromatic heterocycles. The molecule has 4 nitrogen and oxygen atoms in total. The third-order valence-electron chi connectivity index (χ3n) is 3.40. The Labute approximate surface area is 126 Å². The first-order valence-electron chi connectivity index (χ1n) is 6.82. The summed E-state index contributed by atoms with van der Waals surface area (Å²) in [5.41, 5.74) is 9.40. The molecule has 0 atom stereocenters. The number of anilines is 2. The van der Waals surface area contributed by atoms with Gasteiger partial charge in [0.15, 0.2) is 0 Å². The Kier molecular flexibility index (Phi) is 4.23. The fourth-order valence-corrected chi connectivity index (χ4v) is 3.63. The van der Waals surface area contributed by atoms with Crippen LogP contribution in [0.15, 0.2) is 41.3 Å². The molecule has 21 heavy (non-hydrogen) atoms. The lowest BCUT2D eigenvalue weighted by Crippen LogP contribution is -2.16. The van der Waals surface area contributed by atoms with Gasteiger partial charge in [-0.15, -0.1) is 0 Å². The Morgan fingerprint density at radius 1 is 1.10 bits per heavy atom. The number of hydrogen-bond donors (Lipinski definition) is 2. The van der Waals surface area contributed by atoms with Crippen molar-refractivity contribution in [3.05, 3.63) is 53.1 Å². The van der Waals surface area contributed by atoms with Crippen LogP contribution in [-0.4, -0.2) is 8.42 Å². The zero-order chi connectivity index (χ0) is 15.6. The minimum Gasteiger partial charge on any atom is -0.399 e. The van der Waals surface area contributed by atoms with E-state index < -0.39 is 10.0 Å². The fourth-order valence-electron chi connectivity index (χ4n) is 2.16. The van der Waals surface area contributed by atoms with Crippen molar-refractivity contribution in [3.8, 4) is 0 Å². The van der Waals surface area contributed by atoms with Gasteiger partial charge in [0.1, 0.15) is 0 Å². The van der Waals surface area contributed by atoms with Crippen molar-refractivity contribution in [2.24, 2.45) is 0 Å². The number of hydrogen-bond acceptors (Lipinski definition) is 3. The van der Waals surface area contributed by atoms with Crippen LogP contribution in [-0.2, 0) is 16.4 Å². The van der Waals surface area contributed by atoms with Gasteiger partial charge in [0, 0.05) is 5.69 Å². The van der Waals surface area contributed by atoms with E-state index in [1.54, 1.807) is 12.1 Å². The van der Waals surface area contributed by atoms with E-state index in [-0.39, 0.29) is 4.90 Å². The number of rotatable bonds is 4. The maximum absolute atomic E-state index is 12.6. The Morgan fingerprint density at radius 3 is 2.48 bits per heavy atom. The molecule has 0 saturated heterocycles. The van der Waals surface area contributed by atoms with Gasteiger partial charge in [-0.05, 0) is 55.2 Å². The van der Waals surface area contributed by atoms with Crippen molar-refractivity contribution < 1.29 is 8.42 Å². The maximum atomic E-state index is 12.6. The van der Waals surface area contributed by atoms with E-state index in [0.717, 1.165) is 16.7 Å². The second kappa shape index (κ2) is 5.77. The molecule has 2 aromatic carbocycles. The molecule has 0 saturated carbocycles. The second-order valence-electron chi connectivity index (χ2n) is 5.14. The van der Waals surface area contributed by atoms with E-state index in [9.17, 15) is 8.42 Å². The van der Waals surface area contributed by atoms with Crippen molar-refractivity contribution in [1.29, 1.82) is 0 Å². The molecule has 0 spiro atoms. The van der Waals surface area contributed by atoms with E-state index in [2.05, 4.69) is 4.72 Å². The third-order valence-corrected chi connectivity index (χ3v) is 4.85. The zero-order valence-corrected chi connectivity index (χ0v) is 13.3. The summed E-state index contributed by atoms with van der Waals surface area (Å²) in [6, 6.07) is 10.7. The van der Waals surface area contributed by atoms with Gasteiger partial charge in [-0.25, -0.2) is 8.42 Å². The molecular weight excluding hydrogens is 284 g/mol. The van der Waals surface area contributed by atoms with Crippen molar-refractivity contribution in [2.45, 2.75) is 32.1 Å². The van der Waals surface area contributed by atoms with Crippen LogP contribution in [0.25, 0.3) is 0 Å². The van der Waals surface area contributed by atoms with Crippen LogP contribution in [0.5, 0.6) is 0 Å². The van der Waals surface area contributed by atoms with Gasteiger partial charge in [0.2, 0.25) is 0 Å². The summed E-state index contributed by atoms with van der Waals surface area (Å²) >= 11 is 0. The standard InChI is InChI=1S/C16H20N2O2S/c1-4-13-7-8-14(17)10-16(13)21(19,20)18-15-9-11(2)5-6-12(15)3/h5-10,18H,4,17H2,1-3H3. The van der Waals surface area contributed by atoms with Crippen LogP contribution in [0.3, 0.4) is 0 Å². The van der Waals surface area contributed by atoms with Crippen LogP contribution in [0.2, 0.25) is 0 Å². The summed E-state index contributed by atoms with van der Waals surface area (Å²) in [7, 11) is -3.65. The highest BCUT2D eigenvalue weighted by atomic mass is 32.2. The number of benzene rings is 2. The Morgan fingerprint density at radius 2 is 1.81 bits per heavy atom. The number of aryl methyl sites for hydroxylation is 3. The van der Waals surface area contributed by atoms with Crippen molar-refractivity contribution in [1.82, 2.24) is 0 Å². The predicted octanol–water partition coefficient (Wildman–Crippen LogP) is 3.25. The number of nitrogen functional groups attached to an aromatic ring is 1. The van der Waals surface area contributed by atoms with Gasteiger partial charge in [0.25, 0.3) is 10.0 Å². The molecular formula is C16H20N2O2S. The largest absolute Gasteiger partial charge is 0.399 e. The van der Waals surface area contributed by atoms with Crippen LogP contribution in [0, 0.1) is 13.8 Å². The molecule has 0 aliphatic rings. The molecule has 112 valence electrons. The highest BCUT2D eigenvalue weighted by Crippen LogP contribution is 2.25. The maximum Gasteiger partial charge on any atom is 0.262 e. The summed E-state index contributed by atoms with van der Waals surface area (Å²) in [5, 5.41) is 0. The molecule has 0 bridgehead atoms. The fraction of sp³-hybridized carbons (Fsp3) is 0.250. The lowest BCUT2D eigenvalue weighted by molar-refractivity contribution is 0.600. The van der Waals surface area contributed by atoms with Gasteiger partial charge in [-0.3, -0.25) is 4.72 Å². The monoisotopic (exact) mass is 304 g/mol. The average molecular weight is 304 g/mol. The Bertz CT molecular complexity index is 768. The molecule has 3 N–H and O–H groups in total. The van der Waals surface area contributed by atoms with E-state index in [1.807, 2.05) is 39.0 Å². The molecule has 2 aromatic rings. The van der Waals surface area contributed by atoms with Gasteiger partial charge in [0.05, 0.1) is 10.6 Å². The summed E-state index contributed by atoms with van der Waals surface area (Å²) in [5.74, 6) is 0. The van der Waals surface area contributed by atoms with Gasteiger partial charge < -0.3 is 5.73 Å². The molecule has 0 heterocycles. The summed E-state index contributed by atoms with van der Waals surface area (Å²) < 4.78 is 27.9. The normalized spacial score (nSPS) is 11.4. The first-order valence-corrected chi connectivity index (χ1v) is 8.30. The van der Waals surface area contributed by atoms with E-state index >= 15 is 0 Å². The molecule has 0 amide bonds.